The average molecular weight is 659 g/mol. The second kappa shape index (κ2) is 12.1. The zero-order chi connectivity index (χ0) is 33.3. The number of anilines is 1. The Morgan fingerprint density at radius 3 is 2.33 bits per heavy atom. The van der Waals surface area contributed by atoms with E-state index in [1.165, 1.54) is 37.4 Å². The number of amides is 2. The number of tetrazole rings is 1. The van der Waals surface area contributed by atoms with Crippen LogP contribution in [0.5, 0.6) is 0 Å². The van der Waals surface area contributed by atoms with Crippen LogP contribution in [0.2, 0.25) is 5.02 Å². The van der Waals surface area contributed by atoms with Crippen LogP contribution in [0.15, 0.2) is 36.5 Å². The first kappa shape index (κ1) is 32.8. The van der Waals surface area contributed by atoms with E-state index < -0.39 is 42.2 Å². The summed E-state index contributed by atoms with van der Waals surface area (Å²) >= 11 is 6.23. The Morgan fingerprint density at radius 2 is 1.73 bits per heavy atom. The molecule has 236 valence electrons. The van der Waals surface area contributed by atoms with Crippen molar-refractivity contribution in [2.75, 3.05) is 11.9 Å². The first-order chi connectivity index (χ1) is 21.0. The van der Waals surface area contributed by atoms with Gasteiger partial charge < -0.3 is 10.6 Å². The molecule has 0 saturated heterocycles. The van der Waals surface area contributed by atoms with E-state index in [1.54, 1.807) is 6.92 Å². The Morgan fingerprint density at radius 1 is 1.04 bits per heavy atom. The molecule has 3 aromatic heterocycles. The number of aryl methyl sites for hydroxylation is 1. The van der Waals surface area contributed by atoms with Crippen molar-refractivity contribution >= 4 is 29.1 Å². The van der Waals surface area contributed by atoms with Gasteiger partial charge >= 0.3 is 18.0 Å². The number of nitrogens with one attached hydrogen (secondary N) is 2. The zero-order valence-electron chi connectivity index (χ0n) is 22.8. The lowest BCUT2D eigenvalue weighted by molar-refractivity contribution is -0.351. The number of carbonyl (C=O) groups is 2. The van der Waals surface area contributed by atoms with Crippen LogP contribution in [0, 0.1) is 18.3 Å². The van der Waals surface area contributed by atoms with Crippen molar-refractivity contribution < 1.29 is 40.3 Å². The van der Waals surface area contributed by atoms with E-state index in [9.17, 15) is 45.6 Å². The summed E-state index contributed by atoms with van der Waals surface area (Å²) in [5.41, 5.74) is -6.02. The number of benzene rings is 1. The van der Waals surface area contributed by atoms with Gasteiger partial charge in [-0.15, -0.1) is 10.2 Å². The minimum atomic E-state index is -6.46. The van der Waals surface area contributed by atoms with E-state index in [-0.39, 0.29) is 50.4 Å². The molecule has 0 fully saturated rings. The lowest BCUT2D eigenvalue weighted by Gasteiger charge is -2.26. The molecule has 4 rings (SSSR count). The second-order valence-corrected chi connectivity index (χ2v) is 9.59. The average Bonchev–Trinajstić information content (AvgIpc) is 3.60. The van der Waals surface area contributed by atoms with Crippen molar-refractivity contribution in [3.05, 3.63) is 75.5 Å². The monoisotopic (exact) mass is 658 g/mol. The molecule has 1 aromatic carbocycles. The predicted octanol–water partition coefficient (Wildman–Crippen LogP) is 4.43. The fourth-order valence-corrected chi connectivity index (χ4v) is 4.20. The van der Waals surface area contributed by atoms with Crippen molar-refractivity contribution in [2.45, 2.75) is 38.4 Å². The highest BCUT2D eigenvalue weighted by molar-refractivity contribution is 6.32. The van der Waals surface area contributed by atoms with E-state index >= 15 is 0 Å². The summed E-state index contributed by atoms with van der Waals surface area (Å²) in [6, 6.07) is 8.49. The molecule has 0 unspecified atom stereocenters. The number of rotatable bonds is 8. The van der Waals surface area contributed by atoms with E-state index in [2.05, 4.69) is 36.1 Å². The van der Waals surface area contributed by atoms with E-state index in [0.717, 1.165) is 10.7 Å². The molecule has 12 nitrogen and oxygen atoms in total. The minimum absolute atomic E-state index is 0.0162. The van der Waals surface area contributed by atoms with Gasteiger partial charge in [0, 0.05) is 12.7 Å². The third kappa shape index (κ3) is 6.26. The molecule has 0 aliphatic rings. The van der Waals surface area contributed by atoms with E-state index in [1.807, 2.05) is 6.07 Å². The zero-order valence-corrected chi connectivity index (χ0v) is 23.6. The van der Waals surface area contributed by atoms with Crippen LogP contribution in [-0.4, -0.2) is 65.7 Å². The molecule has 4 aromatic rings. The largest absolute Gasteiger partial charge is 0.439 e. The van der Waals surface area contributed by atoms with Crippen molar-refractivity contribution in [3.63, 3.8) is 0 Å². The summed E-state index contributed by atoms with van der Waals surface area (Å²) in [4.78, 5) is 30.6. The van der Waals surface area contributed by atoms with E-state index in [4.69, 9.17) is 11.6 Å². The van der Waals surface area contributed by atoms with Gasteiger partial charge in [0.1, 0.15) is 12.2 Å². The molecular weight excluding hydrogens is 641 g/mol. The van der Waals surface area contributed by atoms with E-state index in [0.29, 0.717) is 5.56 Å². The minimum Gasteiger partial charge on any atom is -0.352 e. The van der Waals surface area contributed by atoms with Crippen molar-refractivity contribution in [1.82, 2.24) is 40.3 Å². The quantitative estimate of drug-likeness (QED) is 0.264. The van der Waals surface area contributed by atoms with Crippen LogP contribution in [0.3, 0.4) is 0 Å². The number of nitrogens with zero attached hydrogens (tertiary/aromatic N) is 8. The number of pyridine rings is 1. The Balaban J connectivity index is 1.77. The summed E-state index contributed by atoms with van der Waals surface area (Å²) in [7, 11) is 0. The smallest absolute Gasteiger partial charge is 0.352 e. The number of hydrogen-bond acceptors (Lipinski definition) is 8. The molecule has 0 radical (unpaired) electrons. The van der Waals surface area contributed by atoms with Crippen LogP contribution in [0.1, 0.15) is 50.4 Å². The normalized spacial score (nSPS) is 12.1. The summed E-state index contributed by atoms with van der Waals surface area (Å²) in [5, 5.41) is 27.2. The molecule has 0 aliphatic heterocycles. The summed E-state index contributed by atoms with van der Waals surface area (Å²) in [6.07, 6.45) is -11.6. The highest BCUT2D eigenvalue weighted by atomic mass is 35.5. The number of halogens is 8. The van der Waals surface area contributed by atoms with Crippen molar-refractivity contribution in [2.24, 2.45) is 0 Å². The van der Waals surface area contributed by atoms with Gasteiger partial charge in [0.15, 0.2) is 5.82 Å². The highest BCUT2D eigenvalue weighted by Crippen LogP contribution is 2.51. The molecule has 0 atom stereocenters. The fourth-order valence-electron chi connectivity index (χ4n) is 4.00. The topological polar surface area (TPSA) is 156 Å². The van der Waals surface area contributed by atoms with Gasteiger partial charge in [-0.1, -0.05) is 11.6 Å². The molecule has 0 spiro atoms. The van der Waals surface area contributed by atoms with Gasteiger partial charge in [-0.2, -0.15) is 41.5 Å². The lowest BCUT2D eigenvalue weighted by atomic mass is 10.0. The molecule has 2 amide bonds. The summed E-state index contributed by atoms with van der Waals surface area (Å²) in [6.45, 7) is 2.62. The first-order valence-electron chi connectivity index (χ1n) is 12.5. The number of nitriles is 1. The maximum Gasteiger partial charge on any atom is 0.439 e. The Hall–Kier alpha value is -5.12. The number of carbonyl (C=O) groups excluding carboxylic acids is 2. The molecule has 0 saturated carbocycles. The molecule has 3 heterocycles. The first-order valence-corrected chi connectivity index (χ1v) is 12.8. The Bertz CT molecular complexity index is 1800. The third-order valence-electron chi connectivity index (χ3n) is 6.06. The van der Waals surface area contributed by atoms with Crippen LogP contribution in [0.25, 0.3) is 5.82 Å². The molecule has 45 heavy (non-hydrogen) atoms. The van der Waals surface area contributed by atoms with Gasteiger partial charge in [-0.25, -0.2) is 14.1 Å². The van der Waals surface area contributed by atoms with Gasteiger partial charge in [0.2, 0.25) is 5.82 Å². The van der Waals surface area contributed by atoms with Crippen molar-refractivity contribution in [3.8, 4) is 11.9 Å². The second-order valence-electron chi connectivity index (χ2n) is 9.18. The molecular formula is C25H18ClF7N10O2. The van der Waals surface area contributed by atoms with Gasteiger partial charge in [-0.05, 0) is 55.0 Å². The fraction of sp³-hybridized carbons (Fsp3) is 0.280. The molecule has 20 heteroatoms. The SMILES string of the molecule is CCNC(=O)c1cc(C#N)cc(C)c1NC(=O)c1cc(Cn2nnc(C(F)(C(F)(F)F)C(F)(F)F)n2)nn1-c1ncccc1Cl. The maximum atomic E-state index is 14.4. The molecule has 0 bridgehead atoms. The van der Waals surface area contributed by atoms with Crippen LogP contribution >= 0.6 is 11.6 Å². The third-order valence-corrected chi connectivity index (χ3v) is 6.36. The Kier molecular flexibility index (Phi) is 8.82. The Labute approximate surface area is 252 Å². The van der Waals surface area contributed by atoms with Crippen molar-refractivity contribution in [1.29, 1.82) is 5.26 Å². The highest BCUT2D eigenvalue weighted by Gasteiger charge is 2.76. The maximum absolute atomic E-state index is 14.4. The van der Waals surface area contributed by atoms with Gasteiger partial charge in [0.25, 0.3) is 11.8 Å². The number of aromatic nitrogens is 7. The standard InChI is InChI=1S/C25H18ClF7N10O2/c1-3-35-20(44)15-8-13(10-34)7-12(2)18(15)37-21(45)17-9-14(39-43(17)19-16(26)5-4-6-36-19)11-42-40-22(38-41-42)23(27,24(28,29)30)25(31,32)33/h4-9H,3,11H2,1-2H3,(H,35,44)(H,37,45). The molecule has 2 N–H and O–H groups in total. The van der Waals surface area contributed by atoms with Gasteiger partial charge in [-0.3, -0.25) is 9.59 Å². The van der Waals surface area contributed by atoms with Gasteiger partial charge in [0.05, 0.1) is 33.6 Å². The molecule has 0 aliphatic carbocycles. The van der Waals surface area contributed by atoms with Crippen LogP contribution in [0.4, 0.5) is 36.4 Å². The summed E-state index contributed by atoms with van der Waals surface area (Å²) < 4.78 is 94.1. The number of hydrogen-bond donors (Lipinski definition) is 2. The number of alkyl halides is 7. The van der Waals surface area contributed by atoms with Crippen LogP contribution in [-0.2, 0) is 12.2 Å². The predicted molar refractivity (Wildman–Crippen MR) is 140 cm³/mol. The summed E-state index contributed by atoms with van der Waals surface area (Å²) in [5.74, 6) is -3.94. The van der Waals surface area contributed by atoms with Crippen LogP contribution < -0.4 is 10.6 Å². The lowest BCUT2D eigenvalue weighted by Crippen LogP contribution is -2.51.